The zero-order valence-electron chi connectivity index (χ0n) is 10.6. The van der Waals surface area contributed by atoms with E-state index < -0.39 is 5.97 Å². The van der Waals surface area contributed by atoms with Crippen LogP contribution in [0.4, 0.5) is 4.79 Å². The van der Waals surface area contributed by atoms with Gasteiger partial charge in [-0.05, 0) is 19.8 Å². The molecule has 0 saturated carbocycles. The third-order valence-electron chi connectivity index (χ3n) is 2.14. The van der Waals surface area contributed by atoms with Crippen molar-refractivity contribution in [3.63, 3.8) is 0 Å². The van der Waals surface area contributed by atoms with Gasteiger partial charge in [-0.25, -0.2) is 4.79 Å². The number of nitrogens with one attached hydrogen (secondary N) is 3. The molecule has 0 unspecified atom stereocenters. The molecule has 0 bridgehead atoms. The smallest absolute Gasteiger partial charge is 0.315 e. The third kappa shape index (κ3) is 10.7. The summed E-state index contributed by atoms with van der Waals surface area (Å²) in [6, 6.07) is -0.389. The predicted octanol–water partition coefficient (Wildman–Crippen LogP) is 0.0667. The highest BCUT2D eigenvalue weighted by molar-refractivity contribution is 5.83. The number of likely N-dealkylation sites (N-methyl/N-ethyl adjacent to an activating group) is 1. The average molecular weight is 259 g/mol. The van der Waals surface area contributed by atoms with E-state index in [1.807, 2.05) is 0 Å². The maximum atomic E-state index is 11.2. The van der Waals surface area contributed by atoms with Crippen molar-refractivity contribution < 1.29 is 19.5 Å². The summed E-state index contributed by atoms with van der Waals surface area (Å²) < 4.78 is 0. The molecule has 0 aromatic rings. The van der Waals surface area contributed by atoms with Gasteiger partial charge in [-0.2, -0.15) is 0 Å². The number of carboxylic acid groups (broad SMARTS) is 1. The summed E-state index contributed by atoms with van der Waals surface area (Å²) in [6.45, 7) is 2.76. The summed E-state index contributed by atoms with van der Waals surface area (Å²) in [5.41, 5.74) is 0. The molecule has 3 amide bonds. The second-order valence-electron chi connectivity index (χ2n) is 3.77. The first-order chi connectivity index (χ1) is 8.56. The fourth-order valence-electron chi connectivity index (χ4n) is 1.26. The maximum absolute atomic E-state index is 11.2. The summed E-state index contributed by atoms with van der Waals surface area (Å²) in [4.78, 5) is 32.4. The second-order valence-corrected chi connectivity index (χ2v) is 3.77. The predicted molar refractivity (Wildman–Crippen MR) is 66.2 cm³/mol. The van der Waals surface area contributed by atoms with Gasteiger partial charge in [-0.3, -0.25) is 9.59 Å². The van der Waals surface area contributed by atoms with E-state index in [0.717, 1.165) is 12.8 Å². The van der Waals surface area contributed by atoms with E-state index in [4.69, 9.17) is 5.11 Å². The van der Waals surface area contributed by atoms with Gasteiger partial charge in [0.05, 0.1) is 6.54 Å². The minimum absolute atomic E-state index is 0.0430. The molecule has 0 rings (SSSR count). The first-order valence-electron chi connectivity index (χ1n) is 6.06. The van der Waals surface area contributed by atoms with Crippen molar-refractivity contribution in [2.45, 2.75) is 32.6 Å². The van der Waals surface area contributed by atoms with Crippen molar-refractivity contribution in [1.82, 2.24) is 16.0 Å². The zero-order chi connectivity index (χ0) is 13.8. The van der Waals surface area contributed by atoms with Crippen LogP contribution in [0.3, 0.4) is 0 Å². The van der Waals surface area contributed by atoms with Crippen LogP contribution >= 0.6 is 0 Å². The van der Waals surface area contributed by atoms with Crippen molar-refractivity contribution >= 4 is 17.9 Å². The SMILES string of the molecule is CCNC(=O)CNC(=O)NCCCCCC(=O)O. The van der Waals surface area contributed by atoms with Gasteiger partial charge in [0.1, 0.15) is 0 Å². The fraction of sp³-hybridized carbons (Fsp3) is 0.727. The number of unbranched alkanes of at least 4 members (excludes halogenated alkanes) is 2. The summed E-state index contributed by atoms with van der Waals surface area (Å²) in [5.74, 6) is -1.03. The van der Waals surface area contributed by atoms with Gasteiger partial charge in [-0.1, -0.05) is 6.42 Å². The van der Waals surface area contributed by atoms with Crippen LogP contribution in [-0.4, -0.2) is 42.6 Å². The van der Waals surface area contributed by atoms with Gasteiger partial charge in [-0.15, -0.1) is 0 Å². The quantitative estimate of drug-likeness (QED) is 0.439. The molecule has 0 spiro atoms. The van der Waals surface area contributed by atoms with Gasteiger partial charge in [0.2, 0.25) is 5.91 Å². The van der Waals surface area contributed by atoms with Crippen LogP contribution in [0.2, 0.25) is 0 Å². The lowest BCUT2D eigenvalue weighted by atomic mass is 10.2. The molecule has 7 nitrogen and oxygen atoms in total. The van der Waals surface area contributed by atoms with E-state index in [-0.39, 0.29) is 24.9 Å². The Balaban J connectivity index is 3.37. The molecule has 0 aromatic carbocycles. The number of urea groups is 1. The number of carbonyl (C=O) groups excluding carboxylic acids is 2. The number of rotatable bonds is 9. The van der Waals surface area contributed by atoms with Gasteiger partial charge >= 0.3 is 12.0 Å². The second kappa shape index (κ2) is 10.4. The zero-order valence-corrected chi connectivity index (χ0v) is 10.6. The molecule has 7 heteroatoms. The molecule has 0 atom stereocenters. The number of carbonyl (C=O) groups is 3. The Labute approximate surface area is 106 Å². The molecule has 4 N–H and O–H groups in total. The normalized spacial score (nSPS) is 9.61. The minimum Gasteiger partial charge on any atom is -0.481 e. The largest absolute Gasteiger partial charge is 0.481 e. The molecule has 18 heavy (non-hydrogen) atoms. The molecule has 0 saturated heterocycles. The molecule has 104 valence electrons. The number of aliphatic carboxylic acids is 1. The lowest BCUT2D eigenvalue weighted by Gasteiger charge is -2.07. The van der Waals surface area contributed by atoms with Crippen LogP contribution in [0.5, 0.6) is 0 Å². The lowest BCUT2D eigenvalue weighted by molar-refractivity contribution is -0.137. The van der Waals surface area contributed by atoms with Crippen molar-refractivity contribution in [3.8, 4) is 0 Å². The Morgan fingerprint density at radius 2 is 1.72 bits per heavy atom. The Hall–Kier alpha value is -1.79. The standard InChI is InChI=1S/C11H21N3O4/c1-2-12-9(15)8-14-11(18)13-7-5-3-4-6-10(16)17/h2-8H2,1H3,(H,12,15)(H,16,17)(H2,13,14,18). The molecule has 0 aliphatic heterocycles. The fourth-order valence-corrected chi connectivity index (χ4v) is 1.26. The van der Waals surface area contributed by atoms with E-state index in [2.05, 4.69) is 16.0 Å². The van der Waals surface area contributed by atoms with Crippen LogP contribution in [0.25, 0.3) is 0 Å². The third-order valence-corrected chi connectivity index (χ3v) is 2.14. The molecular weight excluding hydrogens is 238 g/mol. The monoisotopic (exact) mass is 259 g/mol. The van der Waals surface area contributed by atoms with Crippen molar-refractivity contribution in [2.24, 2.45) is 0 Å². The van der Waals surface area contributed by atoms with E-state index in [1.54, 1.807) is 6.92 Å². The minimum atomic E-state index is -0.803. The first kappa shape index (κ1) is 16.2. The number of hydrogen-bond donors (Lipinski definition) is 4. The molecule has 0 fully saturated rings. The van der Waals surface area contributed by atoms with Crippen LogP contribution in [-0.2, 0) is 9.59 Å². The highest BCUT2D eigenvalue weighted by atomic mass is 16.4. The highest BCUT2D eigenvalue weighted by Gasteiger charge is 2.03. The van der Waals surface area contributed by atoms with E-state index in [1.165, 1.54) is 0 Å². The first-order valence-corrected chi connectivity index (χ1v) is 6.06. The van der Waals surface area contributed by atoms with E-state index in [0.29, 0.717) is 19.5 Å². The number of carboxylic acids is 1. The highest BCUT2D eigenvalue weighted by Crippen LogP contribution is 1.98. The molecule has 0 radical (unpaired) electrons. The number of amides is 3. The molecule has 0 aliphatic rings. The summed E-state index contributed by atoms with van der Waals surface area (Å²) in [7, 11) is 0. The van der Waals surface area contributed by atoms with Crippen molar-refractivity contribution in [1.29, 1.82) is 0 Å². The summed E-state index contributed by atoms with van der Waals surface area (Å²) >= 11 is 0. The molecular formula is C11H21N3O4. The van der Waals surface area contributed by atoms with Gasteiger partial charge < -0.3 is 21.1 Å². The Morgan fingerprint density at radius 1 is 1.00 bits per heavy atom. The Morgan fingerprint density at radius 3 is 2.33 bits per heavy atom. The van der Waals surface area contributed by atoms with E-state index >= 15 is 0 Å². The topological polar surface area (TPSA) is 108 Å². The van der Waals surface area contributed by atoms with Gasteiger partial charge in [0.15, 0.2) is 0 Å². The molecule has 0 aliphatic carbocycles. The lowest BCUT2D eigenvalue weighted by Crippen LogP contribution is -2.42. The Kier molecular flexibility index (Phi) is 9.34. The molecule has 0 aromatic heterocycles. The van der Waals surface area contributed by atoms with E-state index in [9.17, 15) is 14.4 Å². The van der Waals surface area contributed by atoms with Crippen LogP contribution in [0.1, 0.15) is 32.6 Å². The molecule has 0 heterocycles. The van der Waals surface area contributed by atoms with Gasteiger partial charge in [0, 0.05) is 19.5 Å². The average Bonchev–Trinajstić information content (AvgIpc) is 2.31. The summed E-state index contributed by atoms with van der Waals surface area (Å²) in [6.07, 6.45) is 2.24. The van der Waals surface area contributed by atoms with Crippen molar-refractivity contribution in [2.75, 3.05) is 19.6 Å². The van der Waals surface area contributed by atoms with Crippen molar-refractivity contribution in [3.05, 3.63) is 0 Å². The number of hydrogen-bond acceptors (Lipinski definition) is 3. The van der Waals surface area contributed by atoms with Crippen LogP contribution in [0, 0.1) is 0 Å². The van der Waals surface area contributed by atoms with Gasteiger partial charge in [0.25, 0.3) is 0 Å². The maximum Gasteiger partial charge on any atom is 0.315 e. The Bertz CT molecular complexity index is 281. The van der Waals surface area contributed by atoms with Crippen LogP contribution < -0.4 is 16.0 Å². The summed E-state index contributed by atoms with van der Waals surface area (Å²) in [5, 5.41) is 16.0. The van der Waals surface area contributed by atoms with Crippen LogP contribution in [0.15, 0.2) is 0 Å².